The predicted molar refractivity (Wildman–Crippen MR) is 55.5 cm³/mol. The van der Waals surface area contributed by atoms with Crippen molar-refractivity contribution < 1.29 is 0 Å². The molecular weight excluding hydrogens is 176 g/mol. The predicted octanol–water partition coefficient (Wildman–Crippen LogP) is 1.70. The monoisotopic (exact) mass is 188 g/mol. The molecule has 0 atom stereocenters. The smallest absolute Gasteiger partial charge is 0.140 e. The minimum atomic E-state index is 0.875. The number of rotatable bonds is 3. The summed E-state index contributed by atoms with van der Waals surface area (Å²) in [4.78, 5) is 8.39. The van der Waals surface area contributed by atoms with Crippen LogP contribution in [-0.4, -0.2) is 21.1 Å². The maximum absolute atomic E-state index is 4.42. The lowest BCUT2D eigenvalue weighted by Crippen LogP contribution is -2.01. The highest BCUT2D eigenvalue weighted by Gasteiger charge is 1.97. The Labute approximate surface area is 82.6 Å². The van der Waals surface area contributed by atoms with Crippen LogP contribution in [0.2, 0.25) is 0 Å². The van der Waals surface area contributed by atoms with Gasteiger partial charge in [0.25, 0.3) is 0 Å². The van der Waals surface area contributed by atoms with Gasteiger partial charge in [-0.15, -0.1) is 0 Å². The van der Waals surface area contributed by atoms with Gasteiger partial charge in [-0.3, -0.25) is 4.57 Å². The molecule has 0 unspecified atom stereocenters. The first-order chi connectivity index (χ1) is 6.90. The van der Waals surface area contributed by atoms with Crippen LogP contribution in [0.4, 0.5) is 5.82 Å². The van der Waals surface area contributed by atoms with Crippen LogP contribution in [-0.2, 0) is 0 Å². The molecule has 0 radical (unpaired) electrons. The van der Waals surface area contributed by atoms with Crippen molar-refractivity contribution in [3.05, 3.63) is 36.9 Å². The van der Waals surface area contributed by atoms with Crippen molar-refractivity contribution in [1.82, 2.24) is 14.5 Å². The highest BCUT2D eigenvalue weighted by Crippen LogP contribution is 2.08. The summed E-state index contributed by atoms with van der Waals surface area (Å²) >= 11 is 0. The number of pyridine rings is 1. The molecule has 2 aromatic heterocycles. The molecule has 0 aliphatic heterocycles. The van der Waals surface area contributed by atoms with Gasteiger partial charge in [-0.25, -0.2) is 9.97 Å². The quantitative estimate of drug-likeness (QED) is 0.797. The first kappa shape index (κ1) is 8.74. The Balaban J connectivity index is 2.31. The van der Waals surface area contributed by atoms with Gasteiger partial charge in [-0.05, 0) is 19.1 Å². The first-order valence-corrected chi connectivity index (χ1v) is 4.59. The summed E-state index contributed by atoms with van der Waals surface area (Å²) in [6.45, 7) is 2.92. The van der Waals surface area contributed by atoms with Crippen molar-refractivity contribution in [2.75, 3.05) is 11.9 Å². The SMILES string of the molecule is CCNc1cccc(-n2ccnc2)n1. The fourth-order valence-corrected chi connectivity index (χ4v) is 1.24. The molecular formula is C10H12N4. The average Bonchev–Trinajstić information content (AvgIpc) is 2.71. The van der Waals surface area contributed by atoms with Gasteiger partial charge < -0.3 is 5.32 Å². The van der Waals surface area contributed by atoms with Gasteiger partial charge in [0.2, 0.25) is 0 Å². The Morgan fingerprint density at radius 3 is 3.07 bits per heavy atom. The summed E-state index contributed by atoms with van der Waals surface area (Å²) in [5, 5.41) is 3.16. The van der Waals surface area contributed by atoms with E-state index in [1.807, 2.05) is 35.9 Å². The molecule has 0 aliphatic rings. The van der Waals surface area contributed by atoms with Crippen LogP contribution in [0.3, 0.4) is 0 Å². The van der Waals surface area contributed by atoms with Crippen LogP contribution >= 0.6 is 0 Å². The fourth-order valence-electron chi connectivity index (χ4n) is 1.24. The van der Waals surface area contributed by atoms with Crippen LogP contribution < -0.4 is 5.32 Å². The number of hydrogen-bond acceptors (Lipinski definition) is 3. The van der Waals surface area contributed by atoms with Crippen LogP contribution in [0, 0.1) is 0 Å². The van der Waals surface area contributed by atoms with Crippen molar-refractivity contribution in [3.8, 4) is 5.82 Å². The molecule has 0 spiro atoms. The Kier molecular flexibility index (Phi) is 2.44. The van der Waals surface area contributed by atoms with Crippen LogP contribution in [0.25, 0.3) is 5.82 Å². The van der Waals surface area contributed by atoms with Crippen molar-refractivity contribution >= 4 is 5.82 Å². The molecule has 4 heteroatoms. The molecule has 0 saturated carbocycles. The minimum absolute atomic E-state index is 0.875. The highest BCUT2D eigenvalue weighted by molar-refractivity contribution is 5.39. The lowest BCUT2D eigenvalue weighted by molar-refractivity contribution is 0.988. The van der Waals surface area contributed by atoms with E-state index in [-0.39, 0.29) is 0 Å². The second-order valence-electron chi connectivity index (χ2n) is 2.88. The van der Waals surface area contributed by atoms with E-state index in [0.29, 0.717) is 0 Å². The number of nitrogens with one attached hydrogen (secondary N) is 1. The molecule has 0 fully saturated rings. The average molecular weight is 188 g/mol. The summed E-state index contributed by atoms with van der Waals surface area (Å²) in [5.41, 5.74) is 0. The number of aromatic nitrogens is 3. The van der Waals surface area contributed by atoms with Gasteiger partial charge in [0.1, 0.15) is 18.0 Å². The fraction of sp³-hybridized carbons (Fsp3) is 0.200. The van der Waals surface area contributed by atoms with E-state index in [4.69, 9.17) is 0 Å². The molecule has 0 bridgehead atoms. The number of nitrogens with zero attached hydrogens (tertiary/aromatic N) is 3. The molecule has 72 valence electrons. The molecule has 1 N–H and O–H groups in total. The molecule has 0 aromatic carbocycles. The van der Waals surface area contributed by atoms with E-state index < -0.39 is 0 Å². The normalized spacial score (nSPS) is 10.1. The molecule has 14 heavy (non-hydrogen) atoms. The third kappa shape index (κ3) is 1.74. The third-order valence-electron chi connectivity index (χ3n) is 1.86. The van der Waals surface area contributed by atoms with E-state index in [1.54, 1.807) is 12.5 Å². The van der Waals surface area contributed by atoms with Crippen molar-refractivity contribution in [2.24, 2.45) is 0 Å². The van der Waals surface area contributed by atoms with Gasteiger partial charge in [0, 0.05) is 18.9 Å². The van der Waals surface area contributed by atoms with Gasteiger partial charge in [-0.1, -0.05) is 6.07 Å². The standard InChI is InChI=1S/C10H12N4/c1-2-12-9-4-3-5-10(13-9)14-7-6-11-8-14/h3-8H,2H2,1H3,(H,12,13). The van der Waals surface area contributed by atoms with Crippen LogP contribution in [0.15, 0.2) is 36.9 Å². The second kappa shape index (κ2) is 3.91. The summed E-state index contributed by atoms with van der Waals surface area (Å²) in [5.74, 6) is 1.76. The number of hydrogen-bond donors (Lipinski definition) is 1. The Morgan fingerprint density at radius 2 is 2.36 bits per heavy atom. The summed E-state index contributed by atoms with van der Waals surface area (Å²) in [6.07, 6.45) is 5.34. The summed E-state index contributed by atoms with van der Waals surface area (Å²) < 4.78 is 1.88. The zero-order chi connectivity index (χ0) is 9.80. The van der Waals surface area contributed by atoms with Crippen LogP contribution in [0.1, 0.15) is 6.92 Å². The number of anilines is 1. The van der Waals surface area contributed by atoms with Gasteiger partial charge >= 0.3 is 0 Å². The van der Waals surface area contributed by atoms with E-state index in [2.05, 4.69) is 15.3 Å². The zero-order valence-corrected chi connectivity index (χ0v) is 8.01. The molecule has 0 aliphatic carbocycles. The Hall–Kier alpha value is -1.84. The minimum Gasteiger partial charge on any atom is -0.370 e. The topological polar surface area (TPSA) is 42.7 Å². The Bertz CT molecular complexity index is 394. The first-order valence-electron chi connectivity index (χ1n) is 4.59. The van der Waals surface area contributed by atoms with Gasteiger partial charge in [-0.2, -0.15) is 0 Å². The molecule has 4 nitrogen and oxygen atoms in total. The maximum atomic E-state index is 4.42. The molecule has 2 aromatic rings. The van der Waals surface area contributed by atoms with Crippen LogP contribution in [0.5, 0.6) is 0 Å². The zero-order valence-electron chi connectivity index (χ0n) is 8.01. The van der Waals surface area contributed by atoms with E-state index in [9.17, 15) is 0 Å². The maximum Gasteiger partial charge on any atom is 0.140 e. The molecule has 2 heterocycles. The largest absolute Gasteiger partial charge is 0.370 e. The van der Waals surface area contributed by atoms with E-state index >= 15 is 0 Å². The van der Waals surface area contributed by atoms with Gasteiger partial charge in [0.05, 0.1) is 0 Å². The highest BCUT2D eigenvalue weighted by atomic mass is 15.1. The molecule has 2 rings (SSSR count). The lowest BCUT2D eigenvalue weighted by Gasteiger charge is -2.05. The van der Waals surface area contributed by atoms with E-state index in [1.165, 1.54) is 0 Å². The van der Waals surface area contributed by atoms with Crippen molar-refractivity contribution in [3.63, 3.8) is 0 Å². The second-order valence-corrected chi connectivity index (χ2v) is 2.88. The third-order valence-corrected chi connectivity index (χ3v) is 1.86. The van der Waals surface area contributed by atoms with Crippen molar-refractivity contribution in [2.45, 2.75) is 6.92 Å². The van der Waals surface area contributed by atoms with Gasteiger partial charge in [0.15, 0.2) is 0 Å². The molecule has 0 amide bonds. The summed E-state index contributed by atoms with van der Waals surface area (Å²) in [6, 6.07) is 5.87. The Morgan fingerprint density at radius 1 is 1.43 bits per heavy atom. The van der Waals surface area contributed by atoms with Crippen molar-refractivity contribution in [1.29, 1.82) is 0 Å². The number of imidazole rings is 1. The lowest BCUT2D eigenvalue weighted by atomic mass is 10.4. The van der Waals surface area contributed by atoms with E-state index in [0.717, 1.165) is 18.2 Å². The summed E-state index contributed by atoms with van der Waals surface area (Å²) in [7, 11) is 0. The molecule has 0 saturated heterocycles.